The van der Waals surface area contributed by atoms with Crippen molar-refractivity contribution in [1.29, 1.82) is 0 Å². The average molecular weight is 617 g/mol. The second-order valence-corrected chi connectivity index (χ2v) is 11.5. The van der Waals surface area contributed by atoms with Gasteiger partial charge in [-0.25, -0.2) is 9.18 Å². The largest absolute Gasteiger partial charge is 0.494 e. The summed E-state index contributed by atoms with van der Waals surface area (Å²) in [6.45, 7) is 5.60. The third-order valence-electron chi connectivity index (χ3n) is 8.84. The summed E-state index contributed by atoms with van der Waals surface area (Å²) in [5.41, 5.74) is -0.456. The minimum atomic E-state index is -1.78. The van der Waals surface area contributed by atoms with Gasteiger partial charge in [0.2, 0.25) is 17.4 Å². The topological polar surface area (TPSA) is 132 Å². The Labute approximate surface area is 259 Å². The maximum absolute atomic E-state index is 14.9. The maximum Gasteiger partial charge on any atom is 0.323 e. The number of fused-ring (bicyclic) bond motifs is 1. The number of hydrogen-bond acceptors (Lipinski definition) is 7. The fourth-order valence-corrected chi connectivity index (χ4v) is 6.32. The predicted molar refractivity (Wildman–Crippen MR) is 160 cm³/mol. The molecule has 234 valence electrons. The fraction of sp³-hybridized carbons (Fsp3) is 0.406. The van der Waals surface area contributed by atoms with Crippen molar-refractivity contribution in [3.8, 4) is 17.6 Å². The summed E-state index contributed by atoms with van der Waals surface area (Å²) in [6.07, 6.45) is 0.723. The van der Waals surface area contributed by atoms with E-state index in [0.717, 1.165) is 19.6 Å². The molecule has 0 spiro atoms. The van der Waals surface area contributed by atoms with Crippen LogP contribution in [0.5, 0.6) is 5.75 Å². The summed E-state index contributed by atoms with van der Waals surface area (Å²) in [5.74, 6) is 3.30. The second-order valence-electron chi connectivity index (χ2n) is 11.5. The standard InChI is InChI=1S/C32H33FN6O6/c1-3-36-14-16-37(17-15-36)28(41)23-9-11-25(40)39(23)22-7-4-20(5-8-22)12-13-32(30(43)34-31(44)35-32)19-38-18-21-6-10-24(45-2)27(33)26(21)29(38)42/h4-8,10,23H,3,9,11,14-19H2,1-2H3,(H2,34,35,43,44)/t23-,32-/m1/s1. The molecule has 13 heteroatoms. The van der Waals surface area contributed by atoms with Crippen LogP contribution in [0.3, 0.4) is 0 Å². The highest BCUT2D eigenvalue weighted by atomic mass is 19.1. The molecule has 4 heterocycles. The lowest BCUT2D eigenvalue weighted by Gasteiger charge is -2.36. The minimum Gasteiger partial charge on any atom is -0.494 e. The highest BCUT2D eigenvalue weighted by Gasteiger charge is 2.49. The molecule has 45 heavy (non-hydrogen) atoms. The van der Waals surface area contributed by atoms with Crippen molar-refractivity contribution in [3.05, 3.63) is 58.9 Å². The molecule has 0 radical (unpaired) electrons. The molecule has 12 nitrogen and oxygen atoms in total. The third kappa shape index (κ3) is 5.46. The molecule has 0 saturated carbocycles. The number of piperazine rings is 1. The lowest BCUT2D eigenvalue weighted by Crippen LogP contribution is -2.54. The van der Waals surface area contributed by atoms with Crippen LogP contribution in [0.2, 0.25) is 0 Å². The van der Waals surface area contributed by atoms with E-state index in [0.29, 0.717) is 36.3 Å². The van der Waals surface area contributed by atoms with Crippen LogP contribution in [0.4, 0.5) is 14.9 Å². The van der Waals surface area contributed by atoms with Gasteiger partial charge in [-0.1, -0.05) is 24.8 Å². The monoisotopic (exact) mass is 616 g/mol. The Balaban J connectivity index is 1.20. The number of amides is 6. The number of urea groups is 1. The number of rotatable bonds is 6. The molecule has 3 saturated heterocycles. The van der Waals surface area contributed by atoms with E-state index in [-0.39, 0.29) is 42.6 Å². The van der Waals surface area contributed by atoms with E-state index in [2.05, 4.69) is 34.3 Å². The number of anilines is 1. The number of nitrogens with zero attached hydrogens (tertiary/aromatic N) is 4. The highest BCUT2D eigenvalue weighted by Crippen LogP contribution is 2.32. The Morgan fingerprint density at radius 3 is 2.44 bits per heavy atom. The van der Waals surface area contributed by atoms with E-state index in [4.69, 9.17) is 4.74 Å². The number of halogens is 1. The number of imide groups is 1. The summed E-state index contributed by atoms with van der Waals surface area (Å²) in [5, 5.41) is 4.71. The van der Waals surface area contributed by atoms with Crippen molar-refractivity contribution < 1.29 is 33.1 Å². The Kier molecular flexibility index (Phi) is 7.92. The summed E-state index contributed by atoms with van der Waals surface area (Å²) in [4.78, 5) is 71.5. The lowest BCUT2D eigenvalue weighted by atomic mass is 9.99. The molecule has 0 aliphatic carbocycles. The minimum absolute atomic E-state index is 0.0222. The molecular weight excluding hydrogens is 583 g/mol. The number of methoxy groups -OCH3 is 1. The number of carbonyl (C=O) groups is 5. The van der Waals surface area contributed by atoms with Crippen molar-refractivity contribution >= 4 is 35.3 Å². The van der Waals surface area contributed by atoms with Crippen LogP contribution in [-0.4, -0.2) is 102 Å². The Morgan fingerprint density at radius 1 is 1.07 bits per heavy atom. The van der Waals surface area contributed by atoms with E-state index >= 15 is 0 Å². The average Bonchev–Trinajstić information content (AvgIpc) is 3.68. The van der Waals surface area contributed by atoms with Gasteiger partial charge in [-0.3, -0.25) is 29.4 Å². The maximum atomic E-state index is 14.9. The normalized spacial score (nSPS) is 23.1. The quantitative estimate of drug-likeness (QED) is 0.367. The SMILES string of the molecule is CCN1CCN(C(=O)[C@H]2CCC(=O)N2c2ccc(C#C[C@]3(CN4Cc5ccc(OC)c(F)c5C4=O)NC(=O)NC3=O)cc2)CC1. The van der Waals surface area contributed by atoms with Gasteiger partial charge in [0.25, 0.3) is 11.8 Å². The highest BCUT2D eigenvalue weighted by molar-refractivity contribution is 6.10. The smallest absolute Gasteiger partial charge is 0.323 e. The molecule has 2 N–H and O–H groups in total. The van der Waals surface area contributed by atoms with Crippen molar-refractivity contribution in [2.45, 2.75) is 37.9 Å². The van der Waals surface area contributed by atoms with E-state index in [1.807, 2.05) is 4.90 Å². The van der Waals surface area contributed by atoms with Gasteiger partial charge in [0, 0.05) is 50.4 Å². The molecule has 2 aromatic carbocycles. The lowest BCUT2D eigenvalue weighted by molar-refractivity contribution is -0.134. The number of carbonyl (C=O) groups excluding carboxylic acids is 5. The fourth-order valence-electron chi connectivity index (χ4n) is 6.32. The van der Waals surface area contributed by atoms with Crippen molar-refractivity contribution in [2.75, 3.05) is 51.3 Å². The summed E-state index contributed by atoms with van der Waals surface area (Å²) >= 11 is 0. The number of benzene rings is 2. The van der Waals surface area contributed by atoms with E-state index in [1.165, 1.54) is 18.1 Å². The molecule has 2 atom stereocenters. The van der Waals surface area contributed by atoms with Gasteiger partial charge >= 0.3 is 6.03 Å². The number of hydrogen-bond donors (Lipinski definition) is 2. The van der Waals surface area contributed by atoms with E-state index < -0.39 is 35.2 Å². The first-order valence-electron chi connectivity index (χ1n) is 14.9. The first-order valence-corrected chi connectivity index (χ1v) is 14.9. The number of nitrogens with one attached hydrogen (secondary N) is 2. The van der Waals surface area contributed by atoms with Gasteiger partial charge in [0.1, 0.15) is 6.04 Å². The van der Waals surface area contributed by atoms with Crippen LogP contribution in [-0.2, 0) is 20.9 Å². The zero-order valence-corrected chi connectivity index (χ0v) is 25.0. The Morgan fingerprint density at radius 2 is 1.80 bits per heavy atom. The van der Waals surface area contributed by atoms with E-state index in [1.54, 1.807) is 35.2 Å². The molecule has 4 aliphatic heterocycles. The molecule has 2 aromatic rings. The predicted octanol–water partition coefficient (Wildman–Crippen LogP) is 1.08. The second kappa shape index (κ2) is 11.9. The first kappa shape index (κ1) is 30.1. The van der Waals surface area contributed by atoms with Crippen LogP contribution >= 0.6 is 0 Å². The number of ether oxygens (including phenoxy) is 1. The zero-order chi connectivity index (χ0) is 31.9. The molecule has 0 aromatic heterocycles. The molecule has 6 rings (SSSR count). The molecule has 0 bridgehead atoms. The van der Waals surface area contributed by atoms with E-state index in [9.17, 15) is 28.4 Å². The van der Waals surface area contributed by atoms with Gasteiger partial charge in [0.05, 0.1) is 19.2 Å². The van der Waals surface area contributed by atoms with Gasteiger partial charge in [-0.15, -0.1) is 0 Å². The Hall–Kier alpha value is -4.96. The van der Waals surface area contributed by atoms with Crippen LogP contribution in [0, 0.1) is 17.7 Å². The summed E-state index contributed by atoms with van der Waals surface area (Å²) in [6, 6.07) is 8.38. The summed E-state index contributed by atoms with van der Waals surface area (Å²) in [7, 11) is 1.30. The molecule has 3 fully saturated rings. The van der Waals surface area contributed by atoms with Crippen molar-refractivity contribution in [2.24, 2.45) is 0 Å². The molecular formula is C32H33FN6O6. The first-order chi connectivity index (χ1) is 21.6. The van der Waals surface area contributed by atoms with Gasteiger partial charge < -0.3 is 24.8 Å². The number of likely N-dealkylation sites (N-methyl/N-ethyl adjacent to an activating group) is 1. The van der Waals surface area contributed by atoms with Crippen LogP contribution < -0.4 is 20.3 Å². The molecule has 4 aliphatic rings. The molecule has 6 amide bonds. The van der Waals surface area contributed by atoms with Crippen molar-refractivity contribution in [1.82, 2.24) is 25.3 Å². The van der Waals surface area contributed by atoms with Crippen molar-refractivity contribution in [3.63, 3.8) is 0 Å². The Bertz CT molecular complexity index is 1640. The third-order valence-corrected chi connectivity index (χ3v) is 8.84. The van der Waals surface area contributed by atoms with Crippen LogP contribution in [0.25, 0.3) is 0 Å². The molecule has 0 unspecified atom stereocenters. The zero-order valence-electron chi connectivity index (χ0n) is 25.0. The van der Waals surface area contributed by atoms with Gasteiger partial charge in [0.15, 0.2) is 11.6 Å². The van der Waals surface area contributed by atoms with Crippen LogP contribution in [0.15, 0.2) is 36.4 Å². The van der Waals surface area contributed by atoms with Crippen LogP contribution in [0.1, 0.15) is 41.3 Å². The summed E-state index contributed by atoms with van der Waals surface area (Å²) < 4.78 is 19.9. The van der Waals surface area contributed by atoms with Gasteiger partial charge in [-0.2, -0.15) is 0 Å². The van der Waals surface area contributed by atoms with Gasteiger partial charge in [-0.05, 0) is 48.9 Å².